The summed E-state index contributed by atoms with van der Waals surface area (Å²) in [6, 6.07) is 5.70. The van der Waals surface area contributed by atoms with E-state index in [0.29, 0.717) is 22.8 Å². The van der Waals surface area contributed by atoms with E-state index < -0.39 is 5.54 Å². The molecule has 1 aromatic rings. The Kier molecular flexibility index (Phi) is 5.35. The summed E-state index contributed by atoms with van der Waals surface area (Å²) in [4.78, 5) is 13.9. The fraction of sp³-hybridized carbons (Fsp3) is 0.444. The summed E-state index contributed by atoms with van der Waals surface area (Å²) < 4.78 is 15.9. The lowest BCUT2D eigenvalue weighted by molar-refractivity contribution is -0.130. The maximum Gasteiger partial charge on any atom is 0.247 e. The van der Waals surface area contributed by atoms with Crippen molar-refractivity contribution in [2.45, 2.75) is 24.8 Å². The molecule has 2 rings (SSSR count). The van der Waals surface area contributed by atoms with Crippen LogP contribution in [0.15, 0.2) is 18.2 Å². The normalized spacial score (nSPS) is 15.3. The molecule has 1 aromatic carbocycles. The van der Waals surface area contributed by atoms with Crippen LogP contribution in [0, 0.1) is 11.3 Å². The summed E-state index contributed by atoms with van der Waals surface area (Å²) in [5.41, 5.74) is 0.0276. The lowest BCUT2D eigenvalue weighted by Gasteiger charge is -2.42. The lowest BCUT2D eigenvalue weighted by Crippen LogP contribution is -2.52. The molecule has 128 valence electrons. The maximum absolute atomic E-state index is 12.4. The molecule has 6 heteroatoms. The number of nitriles is 1. The molecular formula is C18H22N2O4. The van der Waals surface area contributed by atoms with Gasteiger partial charge in [0.25, 0.3) is 0 Å². The number of nitrogens with zero attached hydrogens (tertiary/aromatic N) is 2. The van der Waals surface area contributed by atoms with Gasteiger partial charge in [0, 0.05) is 24.8 Å². The molecular weight excluding hydrogens is 308 g/mol. The minimum absolute atomic E-state index is 0.215. The van der Waals surface area contributed by atoms with Crippen molar-refractivity contribution in [2.24, 2.45) is 0 Å². The van der Waals surface area contributed by atoms with Crippen LogP contribution in [0.1, 0.15) is 24.8 Å². The number of hydrogen-bond donors (Lipinski definition) is 0. The number of methoxy groups -OCH3 is 3. The van der Waals surface area contributed by atoms with Crippen LogP contribution >= 0.6 is 0 Å². The van der Waals surface area contributed by atoms with Gasteiger partial charge in [0.1, 0.15) is 11.3 Å². The zero-order chi connectivity index (χ0) is 17.7. The van der Waals surface area contributed by atoms with Crippen LogP contribution in [0.4, 0.5) is 0 Å². The van der Waals surface area contributed by atoms with Crippen molar-refractivity contribution in [3.05, 3.63) is 23.8 Å². The summed E-state index contributed by atoms with van der Waals surface area (Å²) in [5.74, 6) is 1.45. The van der Waals surface area contributed by atoms with Crippen molar-refractivity contribution in [1.82, 2.24) is 4.90 Å². The predicted molar refractivity (Wildman–Crippen MR) is 90.1 cm³/mol. The molecule has 24 heavy (non-hydrogen) atoms. The van der Waals surface area contributed by atoms with Crippen LogP contribution in [0.5, 0.6) is 17.2 Å². The molecule has 0 aromatic heterocycles. The van der Waals surface area contributed by atoms with Crippen molar-refractivity contribution >= 4 is 12.0 Å². The van der Waals surface area contributed by atoms with Crippen LogP contribution in [-0.2, 0) is 4.79 Å². The predicted octanol–water partition coefficient (Wildman–Crippen LogP) is 2.63. The van der Waals surface area contributed by atoms with Crippen molar-refractivity contribution in [1.29, 1.82) is 5.26 Å². The molecule has 0 saturated heterocycles. The molecule has 0 atom stereocenters. The third-order valence-electron chi connectivity index (χ3n) is 4.50. The molecule has 6 nitrogen and oxygen atoms in total. The summed E-state index contributed by atoms with van der Waals surface area (Å²) >= 11 is 0. The summed E-state index contributed by atoms with van der Waals surface area (Å²) in [7, 11) is 6.31. The molecule has 0 heterocycles. The monoisotopic (exact) mass is 330 g/mol. The molecule has 0 aliphatic heterocycles. The molecule has 0 N–H and O–H groups in total. The third-order valence-corrected chi connectivity index (χ3v) is 4.50. The fourth-order valence-corrected chi connectivity index (χ4v) is 2.70. The molecule has 0 radical (unpaired) electrons. The molecule has 1 aliphatic carbocycles. The standard InChI is InChI=1S/C18H22N2O4/c1-20(18(12-19)8-5-9-18)17(21)7-6-13-10-15(23-3)16(24-4)11-14(13)22-2/h6-7,10-11H,5,8-9H2,1-4H3. The van der Waals surface area contributed by atoms with Crippen LogP contribution in [0.3, 0.4) is 0 Å². The van der Waals surface area contributed by atoms with E-state index in [1.165, 1.54) is 11.0 Å². The van der Waals surface area contributed by atoms with Crippen molar-refractivity contribution in [3.8, 4) is 23.3 Å². The Morgan fingerprint density at radius 3 is 2.21 bits per heavy atom. The fourth-order valence-electron chi connectivity index (χ4n) is 2.70. The Balaban J connectivity index is 2.25. The Morgan fingerprint density at radius 1 is 1.17 bits per heavy atom. The minimum atomic E-state index is -0.664. The Bertz CT molecular complexity index is 687. The molecule has 1 amide bonds. The topological polar surface area (TPSA) is 71.8 Å². The van der Waals surface area contributed by atoms with Gasteiger partial charge in [-0.25, -0.2) is 0 Å². The van der Waals surface area contributed by atoms with Gasteiger partial charge in [-0.1, -0.05) is 0 Å². The Labute approximate surface area is 142 Å². The van der Waals surface area contributed by atoms with Gasteiger partial charge in [-0.15, -0.1) is 0 Å². The van der Waals surface area contributed by atoms with Crippen molar-refractivity contribution in [3.63, 3.8) is 0 Å². The van der Waals surface area contributed by atoms with E-state index in [0.717, 1.165) is 19.3 Å². The van der Waals surface area contributed by atoms with Gasteiger partial charge < -0.3 is 19.1 Å². The van der Waals surface area contributed by atoms with E-state index in [1.54, 1.807) is 46.6 Å². The Morgan fingerprint density at radius 2 is 1.75 bits per heavy atom. The maximum atomic E-state index is 12.4. The molecule has 0 spiro atoms. The van der Waals surface area contributed by atoms with E-state index in [4.69, 9.17) is 14.2 Å². The van der Waals surface area contributed by atoms with Gasteiger partial charge in [0.05, 0.1) is 27.4 Å². The van der Waals surface area contributed by atoms with E-state index in [-0.39, 0.29) is 5.91 Å². The van der Waals surface area contributed by atoms with Crippen molar-refractivity contribution in [2.75, 3.05) is 28.4 Å². The van der Waals surface area contributed by atoms with Gasteiger partial charge in [-0.3, -0.25) is 4.79 Å². The SMILES string of the molecule is COc1cc(OC)c(OC)cc1C=CC(=O)N(C)C1(C#N)CCC1. The van der Waals surface area contributed by atoms with Crippen LogP contribution in [0.25, 0.3) is 6.08 Å². The first-order chi connectivity index (χ1) is 11.5. The van der Waals surface area contributed by atoms with Crippen LogP contribution in [-0.4, -0.2) is 44.7 Å². The zero-order valence-corrected chi connectivity index (χ0v) is 14.5. The number of benzene rings is 1. The lowest BCUT2D eigenvalue weighted by atomic mass is 9.76. The first-order valence-electron chi connectivity index (χ1n) is 7.68. The van der Waals surface area contributed by atoms with Gasteiger partial charge in [0.15, 0.2) is 11.5 Å². The van der Waals surface area contributed by atoms with Crippen LogP contribution < -0.4 is 14.2 Å². The highest BCUT2D eigenvalue weighted by atomic mass is 16.5. The zero-order valence-electron chi connectivity index (χ0n) is 14.5. The molecule has 1 fully saturated rings. The summed E-state index contributed by atoms with van der Waals surface area (Å²) in [5, 5.41) is 9.33. The van der Waals surface area contributed by atoms with E-state index in [1.807, 2.05) is 0 Å². The highest BCUT2D eigenvalue weighted by Gasteiger charge is 2.42. The first-order valence-corrected chi connectivity index (χ1v) is 7.68. The number of likely N-dealkylation sites (N-methyl/N-ethyl adjacent to an activating group) is 1. The molecule has 0 unspecified atom stereocenters. The second-order valence-electron chi connectivity index (χ2n) is 5.68. The number of carbonyl (C=O) groups excluding carboxylic acids is 1. The highest BCUT2D eigenvalue weighted by molar-refractivity contribution is 5.93. The number of amides is 1. The number of hydrogen-bond acceptors (Lipinski definition) is 5. The van der Waals surface area contributed by atoms with Crippen LogP contribution in [0.2, 0.25) is 0 Å². The van der Waals surface area contributed by atoms with Gasteiger partial charge in [0.2, 0.25) is 5.91 Å². The second kappa shape index (κ2) is 7.26. The summed E-state index contributed by atoms with van der Waals surface area (Å²) in [6.45, 7) is 0. The van der Waals surface area contributed by atoms with Gasteiger partial charge >= 0.3 is 0 Å². The van der Waals surface area contributed by atoms with Crippen molar-refractivity contribution < 1.29 is 19.0 Å². The van der Waals surface area contributed by atoms with Gasteiger partial charge in [-0.2, -0.15) is 5.26 Å². The smallest absolute Gasteiger partial charge is 0.247 e. The van der Waals surface area contributed by atoms with E-state index in [2.05, 4.69) is 6.07 Å². The van der Waals surface area contributed by atoms with E-state index in [9.17, 15) is 10.1 Å². The number of carbonyl (C=O) groups is 1. The summed E-state index contributed by atoms with van der Waals surface area (Å²) in [6.07, 6.45) is 5.52. The quantitative estimate of drug-likeness (QED) is 0.750. The molecule has 1 aliphatic rings. The Hall–Kier alpha value is -2.68. The minimum Gasteiger partial charge on any atom is -0.496 e. The number of rotatable bonds is 6. The molecule has 1 saturated carbocycles. The largest absolute Gasteiger partial charge is 0.496 e. The first kappa shape index (κ1) is 17.7. The molecule has 0 bridgehead atoms. The third kappa shape index (κ3) is 3.16. The number of ether oxygens (including phenoxy) is 3. The average molecular weight is 330 g/mol. The second-order valence-corrected chi connectivity index (χ2v) is 5.68. The average Bonchev–Trinajstić information content (AvgIpc) is 2.58. The van der Waals surface area contributed by atoms with Gasteiger partial charge in [-0.05, 0) is 31.4 Å². The highest BCUT2D eigenvalue weighted by Crippen LogP contribution is 2.37. The van der Waals surface area contributed by atoms with E-state index >= 15 is 0 Å².